The Labute approximate surface area is 184 Å². The molecule has 0 saturated carbocycles. The maximum Gasteiger partial charge on any atom is 0.221 e. The Bertz CT molecular complexity index is 1280. The van der Waals surface area contributed by atoms with Crippen molar-refractivity contribution < 1.29 is 9.50 Å². The van der Waals surface area contributed by atoms with Gasteiger partial charge in [0.2, 0.25) is 11.0 Å². The van der Waals surface area contributed by atoms with Gasteiger partial charge in [0.1, 0.15) is 5.82 Å². The lowest BCUT2D eigenvalue weighted by atomic mass is 10.1. The first-order chi connectivity index (χ1) is 15.1. The quantitative estimate of drug-likeness (QED) is 0.277. The Balaban J connectivity index is 1.66. The smallest absolute Gasteiger partial charge is 0.221 e. The Kier molecular flexibility index (Phi) is 6.04. The third kappa shape index (κ3) is 4.32. The van der Waals surface area contributed by atoms with Gasteiger partial charge in [-0.15, -0.1) is 10.2 Å². The SMILES string of the molecule is CCc1ccccc1NC(=S)N=Nc1c(O)n(Cc2ccccc2F)c2ccccc12. The van der Waals surface area contributed by atoms with E-state index in [4.69, 9.17) is 12.2 Å². The highest BCUT2D eigenvalue weighted by Gasteiger charge is 2.17. The van der Waals surface area contributed by atoms with Crippen LogP contribution in [-0.4, -0.2) is 14.8 Å². The maximum absolute atomic E-state index is 14.2. The van der Waals surface area contributed by atoms with E-state index in [0.29, 0.717) is 16.6 Å². The van der Waals surface area contributed by atoms with Gasteiger partial charge in [-0.05, 0) is 42.4 Å². The first-order valence-corrected chi connectivity index (χ1v) is 10.3. The van der Waals surface area contributed by atoms with Crippen LogP contribution in [0.1, 0.15) is 18.1 Å². The summed E-state index contributed by atoms with van der Waals surface area (Å²) in [5.41, 5.74) is 3.48. The molecule has 4 aromatic rings. The zero-order chi connectivity index (χ0) is 21.8. The number of aryl methyl sites for hydroxylation is 1. The van der Waals surface area contributed by atoms with E-state index in [1.807, 2.05) is 48.5 Å². The van der Waals surface area contributed by atoms with E-state index in [-0.39, 0.29) is 23.4 Å². The van der Waals surface area contributed by atoms with Crippen LogP contribution in [-0.2, 0) is 13.0 Å². The first-order valence-electron chi connectivity index (χ1n) is 9.92. The van der Waals surface area contributed by atoms with Crippen LogP contribution in [0.4, 0.5) is 15.8 Å². The highest BCUT2D eigenvalue weighted by Crippen LogP contribution is 2.39. The Morgan fingerprint density at radius 1 is 1.00 bits per heavy atom. The van der Waals surface area contributed by atoms with Crippen LogP contribution in [0.15, 0.2) is 83.0 Å². The van der Waals surface area contributed by atoms with Crippen molar-refractivity contribution in [2.75, 3.05) is 5.32 Å². The summed E-state index contributed by atoms with van der Waals surface area (Å²) in [7, 11) is 0. The van der Waals surface area contributed by atoms with Gasteiger partial charge in [-0.2, -0.15) is 0 Å². The summed E-state index contributed by atoms with van der Waals surface area (Å²) in [5.74, 6) is -0.423. The van der Waals surface area contributed by atoms with Crippen LogP contribution in [0.2, 0.25) is 0 Å². The molecule has 0 amide bonds. The second kappa shape index (κ2) is 9.06. The summed E-state index contributed by atoms with van der Waals surface area (Å²) in [6.07, 6.45) is 0.854. The minimum absolute atomic E-state index is 0.0926. The number of fused-ring (bicyclic) bond motifs is 1. The van der Waals surface area contributed by atoms with Gasteiger partial charge in [0.05, 0.1) is 12.1 Å². The maximum atomic E-state index is 14.2. The molecule has 31 heavy (non-hydrogen) atoms. The minimum atomic E-state index is -0.331. The number of azo groups is 1. The fourth-order valence-electron chi connectivity index (χ4n) is 3.51. The molecule has 4 rings (SSSR count). The predicted octanol–water partition coefficient (Wildman–Crippen LogP) is 6.58. The van der Waals surface area contributed by atoms with Gasteiger partial charge >= 0.3 is 0 Å². The molecule has 0 radical (unpaired) electrons. The molecule has 3 aromatic carbocycles. The van der Waals surface area contributed by atoms with E-state index in [0.717, 1.165) is 23.2 Å². The molecule has 0 fully saturated rings. The fourth-order valence-corrected chi connectivity index (χ4v) is 3.66. The summed E-state index contributed by atoms with van der Waals surface area (Å²) < 4.78 is 15.8. The standard InChI is InChI=1S/C24H21FN4OS/c1-2-16-9-4-7-13-20(16)26-24(31)28-27-22-18-11-5-8-14-21(18)29(23(22)30)15-17-10-3-6-12-19(17)25/h3-14,30H,2,15H2,1H3,(H,26,31). The number of aromatic hydroxyl groups is 1. The predicted molar refractivity (Wildman–Crippen MR) is 126 cm³/mol. The Morgan fingerprint density at radius 3 is 2.45 bits per heavy atom. The molecule has 0 unspecified atom stereocenters. The van der Waals surface area contributed by atoms with Crippen LogP contribution in [0.3, 0.4) is 0 Å². The van der Waals surface area contributed by atoms with Gasteiger partial charge in [-0.25, -0.2) is 4.39 Å². The lowest BCUT2D eigenvalue weighted by Gasteiger charge is -2.08. The van der Waals surface area contributed by atoms with E-state index >= 15 is 0 Å². The van der Waals surface area contributed by atoms with Crippen molar-refractivity contribution in [3.05, 3.63) is 89.7 Å². The number of halogens is 1. The largest absolute Gasteiger partial charge is 0.493 e. The monoisotopic (exact) mass is 432 g/mol. The number of nitrogens with one attached hydrogen (secondary N) is 1. The number of para-hydroxylation sites is 2. The molecule has 1 aromatic heterocycles. The van der Waals surface area contributed by atoms with E-state index in [9.17, 15) is 9.50 Å². The third-order valence-corrected chi connectivity index (χ3v) is 5.27. The highest BCUT2D eigenvalue weighted by atomic mass is 32.1. The zero-order valence-corrected chi connectivity index (χ0v) is 17.7. The first kappa shape index (κ1) is 20.7. The zero-order valence-electron chi connectivity index (χ0n) is 16.9. The number of anilines is 1. The lowest BCUT2D eigenvalue weighted by Crippen LogP contribution is -2.07. The molecular formula is C24H21FN4OS. The number of nitrogens with zero attached hydrogens (tertiary/aromatic N) is 3. The van der Waals surface area contributed by atoms with Gasteiger partial charge in [0, 0.05) is 16.6 Å². The van der Waals surface area contributed by atoms with Crippen molar-refractivity contribution in [2.24, 2.45) is 10.2 Å². The normalized spacial score (nSPS) is 11.3. The number of hydrogen-bond donors (Lipinski definition) is 2. The van der Waals surface area contributed by atoms with Gasteiger partial charge in [-0.3, -0.25) is 0 Å². The number of thiocarbonyl (C=S) groups is 1. The van der Waals surface area contributed by atoms with Gasteiger partial charge < -0.3 is 15.0 Å². The number of rotatable bonds is 5. The van der Waals surface area contributed by atoms with Crippen LogP contribution in [0.25, 0.3) is 10.9 Å². The molecule has 0 aliphatic carbocycles. The van der Waals surface area contributed by atoms with Crippen molar-refractivity contribution in [3.8, 4) is 5.88 Å². The summed E-state index contributed by atoms with van der Waals surface area (Å²) in [6, 6.07) is 21.7. The minimum Gasteiger partial charge on any atom is -0.493 e. The van der Waals surface area contributed by atoms with Crippen LogP contribution < -0.4 is 5.32 Å². The molecule has 7 heteroatoms. The molecule has 5 nitrogen and oxygen atoms in total. The molecular weight excluding hydrogens is 411 g/mol. The molecule has 0 aliphatic heterocycles. The topological polar surface area (TPSA) is 61.9 Å². The molecule has 0 spiro atoms. The van der Waals surface area contributed by atoms with Crippen LogP contribution >= 0.6 is 12.2 Å². The summed E-state index contributed by atoms with van der Waals surface area (Å²) >= 11 is 5.33. The van der Waals surface area contributed by atoms with Crippen LogP contribution in [0.5, 0.6) is 5.88 Å². The van der Waals surface area contributed by atoms with Crippen molar-refractivity contribution in [3.63, 3.8) is 0 Å². The van der Waals surface area contributed by atoms with Crippen molar-refractivity contribution >= 4 is 39.6 Å². The van der Waals surface area contributed by atoms with E-state index in [2.05, 4.69) is 22.5 Å². The van der Waals surface area contributed by atoms with Crippen molar-refractivity contribution in [2.45, 2.75) is 19.9 Å². The number of hydrogen-bond acceptors (Lipinski definition) is 3. The van der Waals surface area contributed by atoms with E-state index < -0.39 is 0 Å². The van der Waals surface area contributed by atoms with E-state index in [1.54, 1.807) is 22.8 Å². The highest BCUT2D eigenvalue weighted by molar-refractivity contribution is 7.80. The second-order valence-electron chi connectivity index (χ2n) is 7.01. The molecule has 0 saturated heterocycles. The van der Waals surface area contributed by atoms with E-state index in [1.165, 1.54) is 6.07 Å². The molecule has 2 N–H and O–H groups in total. The second-order valence-corrected chi connectivity index (χ2v) is 7.39. The summed E-state index contributed by atoms with van der Waals surface area (Å²) in [6.45, 7) is 2.23. The molecule has 156 valence electrons. The van der Waals surface area contributed by atoms with Crippen LogP contribution in [0, 0.1) is 5.82 Å². The molecule has 0 bridgehead atoms. The van der Waals surface area contributed by atoms with Crippen molar-refractivity contribution in [1.29, 1.82) is 0 Å². The number of benzene rings is 3. The number of aromatic nitrogens is 1. The van der Waals surface area contributed by atoms with Gasteiger partial charge in [0.15, 0.2) is 5.69 Å². The average Bonchev–Trinajstić information content (AvgIpc) is 3.05. The molecule has 0 aliphatic rings. The van der Waals surface area contributed by atoms with Gasteiger partial charge in [-0.1, -0.05) is 61.5 Å². The Hall–Kier alpha value is -3.58. The molecule has 0 atom stereocenters. The third-order valence-electron chi connectivity index (χ3n) is 5.08. The average molecular weight is 433 g/mol. The lowest BCUT2D eigenvalue weighted by molar-refractivity contribution is 0.428. The van der Waals surface area contributed by atoms with Crippen molar-refractivity contribution in [1.82, 2.24) is 4.57 Å². The fraction of sp³-hybridized carbons (Fsp3) is 0.125. The summed E-state index contributed by atoms with van der Waals surface area (Å²) in [5, 5.41) is 23.2. The van der Waals surface area contributed by atoms with Gasteiger partial charge in [0.25, 0.3) is 0 Å². The Morgan fingerprint density at radius 2 is 1.68 bits per heavy atom. The molecule has 1 heterocycles. The summed E-state index contributed by atoms with van der Waals surface area (Å²) in [4.78, 5) is 0.